The predicted octanol–water partition coefficient (Wildman–Crippen LogP) is 3.50. The van der Waals surface area contributed by atoms with Crippen LogP contribution in [0, 0.1) is 20.8 Å². The molecule has 0 amide bonds. The van der Waals surface area contributed by atoms with Gasteiger partial charge in [0.1, 0.15) is 11.6 Å². The van der Waals surface area contributed by atoms with Gasteiger partial charge in [-0.3, -0.25) is 0 Å². The van der Waals surface area contributed by atoms with E-state index in [9.17, 15) is 8.42 Å². The second-order valence-corrected chi connectivity index (χ2v) is 9.96. The number of aromatic nitrogens is 2. The molecule has 0 bridgehead atoms. The lowest BCUT2D eigenvalue weighted by molar-refractivity contribution is 0.383. The van der Waals surface area contributed by atoms with Crippen LogP contribution in [0.5, 0.6) is 0 Å². The second kappa shape index (κ2) is 8.77. The third-order valence-electron chi connectivity index (χ3n) is 5.72. The lowest BCUT2D eigenvalue weighted by Gasteiger charge is -2.36. The molecule has 2 aromatic carbocycles. The molecule has 31 heavy (non-hydrogen) atoms. The van der Waals surface area contributed by atoms with Crippen LogP contribution >= 0.6 is 0 Å². The highest BCUT2D eigenvalue weighted by molar-refractivity contribution is 7.89. The summed E-state index contributed by atoms with van der Waals surface area (Å²) in [4.78, 5) is 11.9. The summed E-state index contributed by atoms with van der Waals surface area (Å²) < 4.78 is 27.5. The number of benzene rings is 2. The highest BCUT2D eigenvalue weighted by atomic mass is 32.2. The van der Waals surface area contributed by atoms with E-state index < -0.39 is 10.0 Å². The normalized spacial score (nSPS) is 15.3. The van der Waals surface area contributed by atoms with Gasteiger partial charge >= 0.3 is 0 Å². The minimum Gasteiger partial charge on any atom is -0.354 e. The first kappa shape index (κ1) is 21.5. The van der Waals surface area contributed by atoms with Crippen molar-refractivity contribution in [3.8, 4) is 0 Å². The fraction of sp³-hybridized carbons (Fsp3) is 0.333. The van der Waals surface area contributed by atoms with Crippen LogP contribution in [0.2, 0.25) is 0 Å². The fourth-order valence-corrected chi connectivity index (χ4v) is 5.42. The van der Waals surface area contributed by atoms with Crippen LogP contribution in [0.15, 0.2) is 59.5 Å². The minimum absolute atomic E-state index is 0.345. The van der Waals surface area contributed by atoms with Gasteiger partial charge in [0.2, 0.25) is 10.0 Å². The molecular formula is C24H28N4O2S. The molecule has 1 aliphatic heterocycles. The largest absolute Gasteiger partial charge is 0.354 e. The van der Waals surface area contributed by atoms with Crippen molar-refractivity contribution in [3.05, 3.63) is 82.8 Å². The van der Waals surface area contributed by atoms with Gasteiger partial charge in [-0.15, -0.1) is 0 Å². The third kappa shape index (κ3) is 4.62. The number of anilines is 1. The number of hydrogen-bond donors (Lipinski definition) is 0. The SMILES string of the molecule is Cc1ccc(Cc2c(C)nc(C)nc2N2CCN(S(=O)(=O)c3ccccc3)CC2)cc1. The van der Waals surface area contributed by atoms with Crippen LogP contribution in [-0.4, -0.2) is 48.9 Å². The quantitative estimate of drug-likeness (QED) is 0.612. The first-order valence-electron chi connectivity index (χ1n) is 10.5. The summed E-state index contributed by atoms with van der Waals surface area (Å²) in [6.45, 7) is 8.08. The van der Waals surface area contributed by atoms with Crippen molar-refractivity contribution in [3.63, 3.8) is 0 Å². The molecule has 1 aromatic heterocycles. The molecular weight excluding hydrogens is 408 g/mol. The molecule has 0 atom stereocenters. The predicted molar refractivity (Wildman–Crippen MR) is 123 cm³/mol. The number of nitrogens with zero attached hydrogens (tertiary/aromatic N) is 4. The van der Waals surface area contributed by atoms with Gasteiger partial charge in [-0.05, 0) is 38.5 Å². The summed E-state index contributed by atoms with van der Waals surface area (Å²) >= 11 is 0. The summed E-state index contributed by atoms with van der Waals surface area (Å²) in [7, 11) is -3.47. The van der Waals surface area contributed by atoms with Crippen molar-refractivity contribution < 1.29 is 8.42 Å². The smallest absolute Gasteiger partial charge is 0.243 e. The first-order valence-corrected chi connectivity index (χ1v) is 12.0. The Kier molecular flexibility index (Phi) is 6.07. The van der Waals surface area contributed by atoms with Gasteiger partial charge in [-0.25, -0.2) is 18.4 Å². The molecule has 2 heterocycles. The fourth-order valence-electron chi connectivity index (χ4n) is 3.98. The zero-order valence-electron chi connectivity index (χ0n) is 18.2. The third-order valence-corrected chi connectivity index (χ3v) is 7.64. The molecule has 0 radical (unpaired) electrons. The maximum Gasteiger partial charge on any atom is 0.243 e. The summed E-state index contributed by atoms with van der Waals surface area (Å²) in [6, 6.07) is 17.2. The van der Waals surface area contributed by atoms with E-state index in [0.717, 1.165) is 29.3 Å². The van der Waals surface area contributed by atoms with E-state index in [2.05, 4.69) is 41.1 Å². The Balaban J connectivity index is 1.56. The monoisotopic (exact) mass is 436 g/mol. The molecule has 0 unspecified atom stereocenters. The van der Waals surface area contributed by atoms with E-state index in [1.165, 1.54) is 11.1 Å². The highest BCUT2D eigenvalue weighted by Crippen LogP contribution is 2.26. The van der Waals surface area contributed by atoms with Gasteiger partial charge < -0.3 is 4.90 Å². The van der Waals surface area contributed by atoms with Crippen LogP contribution in [0.25, 0.3) is 0 Å². The average Bonchev–Trinajstić information content (AvgIpc) is 2.77. The molecule has 4 rings (SSSR count). The van der Waals surface area contributed by atoms with Crippen molar-refractivity contribution in [1.82, 2.24) is 14.3 Å². The second-order valence-electron chi connectivity index (χ2n) is 8.02. The maximum absolute atomic E-state index is 13.0. The zero-order valence-corrected chi connectivity index (χ0v) is 19.1. The van der Waals surface area contributed by atoms with Crippen molar-refractivity contribution in [2.45, 2.75) is 32.1 Å². The summed E-state index contributed by atoms with van der Waals surface area (Å²) in [5, 5.41) is 0. The van der Waals surface area contributed by atoms with Crippen LogP contribution in [0.3, 0.4) is 0 Å². The topological polar surface area (TPSA) is 66.4 Å². The summed E-state index contributed by atoms with van der Waals surface area (Å²) in [6.07, 6.45) is 0.754. The lowest BCUT2D eigenvalue weighted by atomic mass is 10.0. The average molecular weight is 437 g/mol. The van der Waals surface area contributed by atoms with E-state index >= 15 is 0 Å². The molecule has 7 heteroatoms. The summed E-state index contributed by atoms with van der Waals surface area (Å²) in [5.74, 6) is 1.65. The Morgan fingerprint density at radius 2 is 1.48 bits per heavy atom. The van der Waals surface area contributed by atoms with E-state index in [1.807, 2.05) is 19.9 Å². The van der Waals surface area contributed by atoms with Gasteiger partial charge in [-0.1, -0.05) is 48.0 Å². The number of hydrogen-bond acceptors (Lipinski definition) is 5. The van der Waals surface area contributed by atoms with E-state index in [0.29, 0.717) is 31.1 Å². The Hall–Kier alpha value is -2.77. The highest BCUT2D eigenvalue weighted by Gasteiger charge is 2.30. The standard InChI is InChI=1S/C24H28N4O2S/c1-18-9-11-21(12-10-18)17-23-19(2)25-20(3)26-24(23)27-13-15-28(16-14-27)31(29,30)22-7-5-4-6-8-22/h4-12H,13-17H2,1-3H3. The van der Waals surface area contributed by atoms with Gasteiger partial charge in [0, 0.05) is 43.9 Å². The van der Waals surface area contributed by atoms with Gasteiger partial charge in [-0.2, -0.15) is 4.31 Å². The number of sulfonamides is 1. The van der Waals surface area contributed by atoms with Crippen molar-refractivity contribution in [2.24, 2.45) is 0 Å². The zero-order chi connectivity index (χ0) is 22.0. The molecule has 0 spiro atoms. The van der Waals surface area contributed by atoms with Crippen LogP contribution in [0.4, 0.5) is 5.82 Å². The Labute approximate surface area is 184 Å². The molecule has 0 aliphatic carbocycles. The van der Waals surface area contributed by atoms with E-state index in [-0.39, 0.29) is 0 Å². The summed E-state index contributed by atoms with van der Waals surface area (Å²) in [5.41, 5.74) is 4.53. The maximum atomic E-state index is 13.0. The van der Waals surface area contributed by atoms with Crippen LogP contribution in [0.1, 0.15) is 28.2 Å². The van der Waals surface area contributed by atoms with E-state index in [4.69, 9.17) is 4.98 Å². The Morgan fingerprint density at radius 1 is 0.839 bits per heavy atom. The van der Waals surface area contributed by atoms with Gasteiger partial charge in [0.05, 0.1) is 4.90 Å². The molecule has 1 saturated heterocycles. The van der Waals surface area contributed by atoms with Crippen molar-refractivity contribution in [2.75, 3.05) is 31.1 Å². The molecule has 1 aliphatic rings. The Bertz CT molecular complexity index is 1150. The minimum atomic E-state index is -3.47. The van der Waals surface area contributed by atoms with Gasteiger partial charge in [0.25, 0.3) is 0 Å². The lowest BCUT2D eigenvalue weighted by Crippen LogP contribution is -2.49. The molecule has 1 fully saturated rings. The molecule has 0 N–H and O–H groups in total. The number of rotatable bonds is 5. The molecule has 6 nitrogen and oxygen atoms in total. The number of piperazine rings is 1. The number of aryl methyl sites for hydroxylation is 3. The molecule has 3 aromatic rings. The molecule has 162 valence electrons. The van der Waals surface area contributed by atoms with Crippen LogP contribution < -0.4 is 4.90 Å². The van der Waals surface area contributed by atoms with Crippen molar-refractivity contribution in [1.29, 1.82) is 0 Å². The van der Waals surface area contributed by atoms with Crippen molar-refractivity contribution >= 4 is 15.8 Å². The Morgan fingerprint density at radius 3 is 2.13 bits per heavy atom. The molecule has 0 saturated carbocycles. The first-order chi connectivity index (χ1) is 14.8. The van der Waals surface area contributed by atoms with E-state index in [1.54, 1.807) is 28.6 Å². The van der Waals surface area contributed by atoms with Gasteiger partial charge in [0.15, 0.2) is 0 Å². The van der Waals surface area contributed by atoms with Crippen LogP contribution in [-0.2, 0) is 16.4 Å².